The summed E-state index contributed by atoms with van der Waals surface area (Å²) in [6.45, 7) is 4.50. The van der Waals surface area contributed by atoms with E-state index in [0.29, 0.717) is 12.3 Å². The number of rotatable bonds is 3. The summed E-state index contributed by atoms with van der Waals surface area (Å²) in [6.07, 6.45) is 3.92. The van der Waals surface area contributed by atoms with Crippen molar-refractivity contribution in [3.8, 4) is 0 Å². The molecule has 1 fully saturated rings. The van der Waals surface area contributed by atoms with Crippen LogP contribution in [0.4, 0.5) is 0 Å². The second kappa shape index (κ2) is 4.30. The molecule has 1 amide bonds. The summed E-state index contributed by atoms with van der Waals surface area (Å²) in [4.78, 5) is 11.0. The third-order valence-electron chi connectivity index (χ3n) is 3.77. The summed E-state index contributed by atoms with van der Waals surface area (Å²) >= 11 is 0. The molecule has 1 aliphatic carbocycles. The Labute approximate surface area is 86.4 Å². The average Bonchev–Trinajstić information content (AvgIpc) is 2.10. The second-order valence-electron chi connectivity index (χ2n) is 4.83. The lowest BCUT2D eigenvalue weighted by Crippen LogP contribution is -2.53. The van der Waals surface area contributed by atoms with Gasteiger partial charge in [0.15, 0.2) is 0 Å². The van der Waals surface area contributed by atoms with Crippen molar-refractivity contribution in [1.82, 2.24) is 5.32 Å². The van der Waals surface area contributed by atoms with Crippen LogP contribution in [0.25, 0.3) is 0 Å². The zero-order chi connectivity index (χ0) is 10.8. The van der Waals surface area contributed by atoms with Crippen LogP contribution in [0.1, 0.15) is 39.5 Å². The minimum absolute atomic E-state index is 0.0433. The zero-order valence-electron chi connectivity index (χ0n) is 9.47. The number of hydrogen-bond acceptors (Lipinski definition) is 2. The first-order valence-corrected chi connectivity index (χ1v) is 5.47. The number of nitrogens with two attached hydrogens (primary N) is 1. The van der Waals surface area contributed by atoms with Gasteiger partial charge in [0.25, 0.3) is 0 Å². The van der Waals surface area contributed by atoms with Crippen molar-refractivity contribution in [3.63, 3.8) is 0 Å². The van der Waals surface area contributed by atoms with Crippen LogP contribution in [-0.2, 0) is 4.79 Å². The second-order valence-corrected chi connectivity index (χ2v) is 4.83. The zero-order valence-corrected chi connectivity index (χ0v) is 9.47. The van der Waals surface area contributed by atoms with Gasteiger partial charge in [-0.3, -0.25) is 4.79 Å². The Bertz CT molecular complexity index is 217. The lowest BCUT2D eigenvalue weighted by molar-refractivity contribution is -0.120. The minimum atomic E-state index is -0.194. The fraction of sp³-hybridized carbons (Fsp3) is 0.909. The molecule has 0 saturated heterocycles. The highest BCUT2D eigenvalue weighted by molar-refractivity contribution is 5.75. The quantitative estimate of drug-likeness (QED) is 0.717. The molecule has 3 N–H and O–H groups in total. The molecule has 1 saturated carbocycles. The van der Waals surface area contributed by atoms with Crippen molar-refractivity contribution in [2.24, 2.45) is 17.6 Å². The molecule has 0 aromatic carbocycles. The Morgan fingerprint density at radius 1 is 1.57 bits per heavy atom. The molecule has 82 valence electrons. The Balaban J connectivity index is 2.72. The summed E-state index contributed by atoms with van der Waals surface area (Å²) in [5, 5.41) is 3.32. The van der Waals surface area contributed by atoms with Crippen molar-refractivity contribution < 1.29 is 4.79 Å². The molecule has 0 radical (unpaired) electrons. The molecule has 3 atom stereocenters. The van der Waals surface area contributed by atoms with Crippen LogP contribution in [0.15, 0.2) is 0 Å². The van der Waals surface area contributed by atoms with Gasteiger partial charge in [0.1, 0.15) is 0 Å². The fourth-order valence-electron chi connectivity index (χ4n) is 2.73. The maximum Gasteiger partial charge on any atom is 0.219 e. The lowest BCUT2D eigenvalue weighted by Gasteiger charge is -2.44. The van der Waals surface area contributed by atoms with Crippen LogP contribution in [-0.4, -0.2) is 18.5 Å². The Morgan fingerprint density at radius 2 is 2.21 bits per heavy atom. The molecule has 0 bridgehead atoms. The predicted octanol–water partition coefficient (Wildman–Crippen LogP) is 1.28. The van der Waals surface area contributed by atoms with Gasteiger partial charge < -0.3 is 11.1 Å². The van der Waals surface area contributed by atoms with E-state index < -0.39 is 0 Å². The lowest BCUT2D eigenvalue weighted by atomic mass is 9.68. The van der Waals surface area contributed by atoms with Crippen molar-refractivity contribution in [2.45, 2.75) is 45.1 Å². The van der Waals surface area contributed by atoms with E-state index in [4.69, 9.17) is 5.73 Å². The van der Waals surface area contributed by atoms with E-state index in [9.17, 15) is 4.79 Å². The van der Waals surface area contributed by atoms with E-state index in [2.05, 4.69) is 19.2 Å². The number of hydrogen-bond donors (Lipinski definition) is 2. The molecule has 0 aromatic heterocycles. The first-order valence-electron chi connectivity index (χ1n) is 5.47. The molecule has 0 aromatic rings. The average molecular weight is 198 g/mol. The number of carbonyl (C=O) groups is 1. The van der Waals surface area contributed by atoms with E-state index in [1.54, 1.807) is 0 Å². The van der Waals surface area contributed by atoms with Crippen molar-refractivity contribution >= 4 is 5.91 Å². The summed E-state index contributed by atoms with van der Waals surface area (Å²) in [6, 6.07) is 0. The molecule has 1 aliphatic rings. The maximum atomic E-state index is 11.0. The molecular weight excluding hydrogens is 176 g/mol. The largest absolute Gasteiger partial charge is 0.370 e. The van der Waals surface area contributed by atoms with Gasteiger partial charge in [-0.25, -0.2) is 0 Å². The van der Waals surface area contributed by atoms with Gasteiger partial charge in [0.2, 0.25) is 5.91 Å². The highest BCUT2D eigenvalue weighted by atomic mass is 16.1. The number of primary amides is 1. The molecule has 3 nitrogen and oxygen atoms in total. The van der Waals surface area contributed by atoms with Gasteiger partial charge in [-0.05, 0) is 38.1 Å². The van der Waals surface area contributed by atoms with Crippen LogP contribution < -0.4 is 11.1 Å². The highest BCUT2D eigenvalue weighted by Gasteiger charge is 2.39. The minimum Gasteiger partial charge on any atom is -0.370 e. The fourth-order valence-corrected chi connectivity index (χ4v) is 2.73. The smallest absolute Gasteiger partial charge is 0.219 e. The number of carbonyl (C=O) groups excluding carboxylic acids is 1. The van der Waals surface area contributed by atoms with Crippen LogP contribution in [0.5, 0.6) is 0 Å². The topological polar surface area (TPSA) is 55.1 Å². The van der Waals surface area contributed by atoms with E-state index in [-0.39, 0.29) is 11.4 Å². The molecule has 14 heavy (non-hydrogen) atoms. The summed E-state index contributed by atoms with van der Waals surface area (Å²) in [7, 11) is 1.94. The van der Waals surface area contributed by atoms with Gasteiger partial charge in [-0.2, -0.15) is 0 Å². The maximum absolute atomic E-state index is 11.0. The monoisotopic (exact) mass is 198 g/mol. The Hall–Kier alpha value is -0.570. The van der Waals surface area contributed by atoms with Crippen LogP contribution in [0.2, 0.25) is 0 Å². The van der Waals surface area contributed by atoms with Crippen LogP contribution in [0, 0.1) is 11.8 Å². The summed E-state index contributed by atoms with van der Waals surface area (Å²) < 4.78 is 0. The molecule has 0 aliphatic heterocycles. The summed E-state index contributed by atoms with van der Waals surface area (Å²) in [5.41, 5.74) is 5.26. The summed E-state index contributed by atoms with van der Waals surface area (Å²) in [5.74, 6) is 1.11. The van der Waals surface area contributed by atoms with E-state index in [1.165, 1.54) is 12.8 Å². The standard InChI is InChI=1S/C11H22N2O/c1-8-4-5-11(13-3,7-10(12)14)9(2)6-8/h8-9,13H,4-7H2,1-3H3,(H2,12,14). The Kier molecular flexibility index (Phi) is 3.53. The molecule has 0 heterocycles. The van der Waals surface area contributed by atoms with Crippen LogP contribution in [0.3, 0.4) is 0 Å². The molecular formula is C11H22N2O. The van der Waals surface area contributed by atoms with Gasteiger partial charge in [-0.1, -0.05) is 13.8 Å². The van der Waals surface area contributed by atoms with Crippen molar-refractivity contribution in [3.05, 3.63) is 0 Å². The molecule has 3 heteroatoms. The van der Waals surface area contributed by atoms with Crippen molar-refractivity contribution in [2.75, 3.05) is 7.05 Å². The molecule has 1 rings (SSSR count). The van der Waals surface area contributed by atoms with E-state index in [1.807, 2.05) is 7.05 Å². The third-order valence-corrected chi connectivity index (χ3v) is 3.77. The predicted molar refractivity (Wildman–Crippen MR) is 57.8 cm³/mol. The number of amides is 1. The van der Waals surface area contributed by atoms with E-state index in [0.717, 1.165) is 12.3 Å². The normalized spacial score (nSPS) is 38.2. The van der Waals surface area contributed by atoms with Gasteiger partial charge in [0.05, 0.1) is 0 Å². The highest BCUT2D eigenvalue weighted by Crippen LogP contribution is 2.38. The van der Waals surface area contributed by atoms with Gasteiger partial charge in [0, 0.05) is 12.0 Å². The first-order chi connectivity index (χ1) is 6.50. The number of nitrogens with one attached hydrogen (secondary N) is 1. The van der Waals surface area contributed by atoms with E-state index >= 15 is 0 Å². The molecule has 0 spiro atoms. The first kappa shape index (κ1) is 11.5. The van der Waals surface area contributed by atoms with Gasteiger partial charge in [-0.15, -0.1) is 0 Å². The Morgan fingerprint density at radius 3 is 2.64 bits per heavy atom. The molecule has 3 unspecified atom stereocenters. The van der Waals surface area contributed by atoms with Crippen LogP contribution >= 0.6 is 0 Å². The third kappa shape index (κ3) is 2.27. The van der Waals surface area contributed by atoms with Gasteiger partial charge >= 0.3 is 0 Å². The van der Waals surface area contributed by atoms with Crippen molar-refractivity contribution in [1.29, 1.82) is 0 Å². The SMILES string of the molecule is CNC1(CC(N)=O)CCC(C)CC1C.